The lowest BCUT2D eigenvalue weighted by atomic mass is 10.1. The Bertz CT molecular complexity index is 664. The highest BCUT2D eigenvalue weighted by Crippen LogP contribution is 2.27. The molecule has 0 aliphatic rings. The largest absolute Gasteiger partial charge is 0.383 e. The topological polar surface area (TPSA) is 77.2 Å². The number of rotatable bonds is 6. The predicted molar refractivity (Wildman–Crippen MR) is 96.8 cm³/mol. The molecule has 126 valence electrons. The Morgan fingerprint density at radius 1 is 1.48 bits per heavy atom. The van der Waals surface area contributed by atoms with Gasteiger partial charge in [-0.3, -0.25) is 4.79 Å². The van der Waals surface area contributed by atoms with Gasteiger partial charge in [-0.2, -0.15) is 0 Å². The number of halogens is 2. The van der Waals surface area contributed by atoms with Gasteiger partial charge in [0.2, 0.25) is 5.91 Å². The van der Waals surface area contributed by atoms with Crippen LogP contribution >= 0.6 is 35.3 Å². The van der Waals surface area contributed by atoms with Crippen molar-refractivity contribution in [3.63, 3.8) is 0 Å². The summed E-state index contributed by atoms with van der Waals surface area (Å²) in [5.41, 5.74) is 7.59. The number of benzene rings is 1. The average molecular weight is 376 g/mol. The molecule has 1 atom stereocenters. The van der Waals surface area contributed by atoms with Crippen LogP contribution in [0.4, 0.5) is 5.13 Å². The van der Waals surface area contributed by atoms with Gasteiger partial charge >= 0.3 is 0 Å². The summed E-state index contributed by atoms with van der Waals surface area (Å²) in [5.74, 6) is -0.306. The van der Waals surface area contributed by atoms with E-state index in [1.54, 1.807) is 0 Å². The minimum atomic E-state index is -0.707. The number of amides is 1. The monoisotopic (exact) mass is 375 g/mol. The summed E-state index contributed by atoms with van der Waals surface area (Å²) in [5, 5.41) is 3.98. The summed E-state index contributed by atoms with van der Waals surface area (Å²) in [6, 6.07) is 6.98. The van der Waals surface area contributed by atoms with E-state index in [9.17, 15) is 4.79 Å². The van der Waals surface area contributed by atoms with E-state index in [1.807, 2.05) is 31.2 Å². The highest BCUT2D eigenvalue weighted by Gasteiger charge is 2.16. The van der Waals surface area contributed by atoms with Gasteiger partial charge in [-0.25, -0.2) is 4.98 Å². The van der Waals surface area contributed by atoms with Crippen LogP contribution in [0.15, 0.2) is 24.3 Å². The second-order valence-corrected chi connectivity index (χ2v) is 6.34. The Morgan fingerprint density at radius 3 is 2.83 bits per heavy atom. The molecule has 1 aromatic heterocycles. The molecule has 3 N–H and O–H groups in total. The molecule has 2 rings (SSSR count). The van der Waals surface area contributed by atoms with Crippen molar-refractivity contribution in [3.8, 4) is 0 Å². The first-order chi connectivity index (χ1) is 10.5. The molecular formula is C15H19Cl2N3O2S. The molecule has 0 bridgehead atoms. The van der Waals surface area contributed by atoms with Crippen LogP contribution in [0.1, 0.15) is 16.1 Å². The fourth-order valence-electron chi connectivity index (χ4n) is 1.91. The van der Waals surface area contributed by atoms with E-state index in [-0.39, 0.29) is 24.9 Å². The van der Waals surface area contributed by atoms with Crippen LogP contribution in [0.2, 0.25) is 5.02 Å². The number of nitrogens with one attached hydrogen (secondary N) is 1. The molecular weight excluding hydrogens is 357 g/mol. The van der Waals surface area contributed by atoms with Crippen LogP contribution in [-0.4, -0.2) is 30.6 Å². The molecule has 8 heteroatoms. The maximum absolute atomic E-state index is 11.9. The van der Waals surface area contributed by atoms with E-state index < -0.39 is 6.04 Å². The first kappa shape index (κ1) is 19.9. The van der Waals surface area contributed by atoms with E-state index in [4.69, 9.17) is 22.1 Å². The maximum Gasteiger partial charge on any atom is 0.245 e. The van der Waals surface area contributed by atoms with E-state index in [0.717, 1.165) is 21.2 Å². The number of aryl methyl sites for hydroxylation is 1. The van der Waals surface area contributed by atoms with Crippen molar-refractivity contribution >= 4 is 46.4 Å². The fourth-order valence-corrected chi connectivity index (χ4v) is 3.10. The van der Waals surface area contributed by atoms with Crippen LogP contribution < -0.4 is 11.1 Å². The van der Waals surface area contributed by atoms with E-state index in [1.165, 1.54) is 18.4 Å². The number of nitrogens with two attached hydrogens (primary N) is 1. The Labute approximate surface area is 150 Å². The van der Waals surface area contributed by atoms with Gasteiger partial charge in [0, 0.05) is 23.4 Å². The number of thiazole rings is 1. The molecule has 0 saturated heterocycles. The van der Waals surface area contributed by atoms with Crippen molar-refractivity contribution < 1.29 is 9.53 Å². The maximum atomic E-state index is 11.9. The van der Waals surface area contributed by atoms with Gasteiger partial charge in [0.1, 0.15) is 6.04 Å². The summed E-state index contributed by atoms with van der Waals surface area (Å²) in [6.07, 6.45) is 0.684. The van der Waals surface area contributed by atoms with Crippen molar-refractivity contribution in [1.29, 1.82) is 0 Å². The molecule has 1 amide bonds. The molecule has 1 unspecified atom stereocenters. The van der Waals surface area contributed by atoms with Gasteiger partial charge < -0.3 is 15.8 Å². The normalized spacial score (nSPS) is 11.7. The van der Waals surface area contributed by atoms with E-state index >= 15 is 0 Å². The lowest BCUT2D eigenvalue weighted by Gasteiger charge is -2.08. The Hall–Kier alpha value is -1.18. The predicted octanol–water partition coefficient (Wildman–Crippen LogP) is 3.03. The fraction of sp³-hybridized carbons (Fsp3) is 0.333. The third kappa shape index (κ3) is 5.44. The molecule has 2 aromatic rings. The Morgan fingerprint density at radius 2 is 2.17 bits per heavy atom. The first-order valence-corrected chi connectivity index (χ1v) is 7.95. The second kappa shape index (κ2) is 9.20. The first-order valence-electron chi connectivity index (χ1n) is 6.76. The molecule has 0 spiro atoms. The molecule has 0 fully saturated rings. The molecule has 0 saturated carbocycles. The summed E-state index contributed by atoms with van der Waals surface area (Å²) >= 11 is 7.61. The average Bonchev–Trinajstić information content (AvgIpc) is 2.81. The highest BCUT2D eigenvalue weighted by molar-refractivity contribution is 7.15. The van der Waals surface area contributed by atoms with E-state index in [0.29, 0.717) is 11.6 Å². The Kier molecular flexibility index (Phi) is 7.94. The minimum Gasteiger partial charge on any atom is -0.383 e. The number of hydrogen-bond acceptors (Lipinski definition) is 5. The number of anilines is 1. The van der Waals surface area contributed by atoms with Gasteiger partial charge in [-0.15, -0.1) is 23.7 Å². The SMILES string of the molecule is COCC(N)C(=O)Nc1nc(C)c(Cc2ccccc2Cl)s1.Cl. The molecule has 0 radical (unpaired) electrons. The number of nitrogens with zero attached hydrogens (tertiary/aromatic N) is 1. The molecule has 1 aromatic carbocycles. The zero-order valence-electron chi connectivity index (χ0n) is 12.8. The lowest BCUT2D eigenvalue weighted by Crippen LogP contribution is -2.39. The molecule has 23 heavy (non-hydrogen) atoms. The lowest BCUT2D eigenvalue weighted by molar-refractivity contribution is -0.118. The zero-order valence-corrected chi connectivity index (χ0v) is 15.2. The van der Waals surface area contributed by atoms with Gasteiger partial charge in [-0.1, -0.05) is 29.8 Å². The van der Waals surface area contributed by atoms with Gasteiger partial charge in [0.25, 0.3) is 0 Å². The summed E-state index contributed by atoms with van der Waals surface area (Å²) in [7, 11) is 1.50. The van der Waals surface area contributed by atoms with Crippen molar-refractivity contribution in [2.24, 2.45) is 5.73 Å². The quantitative estimate of drug-likeness (QED) is 0.813. The second-order valence-electron chi connectivity index (χ2n) is 4.85. The third-order valence-electron chi connectivity index (χ3n) is 3.11. The van der Waals surface area contributed by atoms with Crippen molar-refractivity contribution in [3.05, 3.63) is 45.4 Å². The minimum absolute atomic E-state index is 0. The highest BCUT2D eigenvalue weighted by atomic mass is 35.5. The van der Waals surface area contributed by atoms with Gasteiger partial charge in [0.05, 0.1) is 12.3 Å². The Balaban J connectivity index is 0.00000264. The standard InChI is InChI=1S/C15H18ClN3O2S.ClH/c1-9-13(7-10-5-3-4-6-11(10)16)22-15(18-9)19-14(20)12(17)8-21-2;/h3-6,12H,7-8,17H2,1-2H3,(H,18,19,20);1H. The van der Waals surface area contributed by atoms with Crippen LogP contribution in [0.5, 0.6) is 0 Å². The number of hydrogen-bond donors (Lipinski definition) is 2. The van der Waals surface area contributed by atoms with Crippen LogP contribution in [0.3, 0.4) is 0 Å². The van der Waals surface area contributed by atoms with Crippen molar-refractivity contribution in [1.82, 2.24) is 4.98 Å². The number of ether oxygens (including phenoxy) is 1. The van der Waals surface area contributed by atoms with Gasteiger partial charge in [0.15, 0.2) is 5.13 Å². The number of carbonyl (C=O) groups excluding carboxylic acids is 1. The molecule has 1 heterocycles. The van der Waals surface area contributed by atoms with Crippen LogP contribution in [0, 0.1) is 6.92 Å². The zero-order chi connectivity index (χ0) is 16.1. The number of carbonyl (C=O) groups is 1. The number of methoxy groups -OCH3 is 1. The molecule has 0 aliphatic carbocycles. The third-order valence-corrected chi connectivity index (χ3v) is 4.56. The van der Waals surface area contributed by atoms with Gasteiger partial charge in [-0.05, 0) is 18.6 Å². The summed E-state index contributed by atoms with van der Waals surface area (Å²) in [6.45, 7) is 2.08. The molecule has 5 nitrogen and oxygen atoms in total. The summed E-state index contributed by atoms with van der Waals surface area (Å²) < 4.78 is 4.87. The summed E-state index contributed by atoms with van der Waals surface area (Å²) in [4.78, 5) is 17.3. The van der Waals surface area contributed by atoms with Crippen LogP contribution in [0.25, 0.3) is 0 Å². The molecule has 0 aliphatic heterocycles. The van der Waals surface area contributed by atoms with Crippen molar-refractivity contribution in [2.75, 3.05) is 19.0 Å². The number of aromatic nitrogens is 1. The smallest absolute Gasteiger partial charge is 0.245 e. The van der Waals surface area contributed by atoms with Crippen molar-refractivity contribution in [2.45, 2.75) is 19.4 Å². The van der Waals surface area contributed by atoms with E-state index in [2.05, 4.69) is 10.3 Å². The van der Waals surface area contributed by atoms with Crippen LogP contribution in [-0.2, 0) is 16.0 Å².